The molecule has 0 N–H and O–H groups in total. The van der Waals surface area contributed by atoms with Crippen molar-refractivity contribution in [1.29, 1.82) is 0 Å². The Hall–Kier alpha value is -1.64. The molecule has 0 saturated carbocycles. The summed E-state index contributed by atoms with van der Waals surface area (Å²) in [4.78, 5) is 24.7. The van der Waals surface area contributed by atoms with Crippen molar-refractivity contribution in [2.24, 2.45) is 11.8 Å². The van der Waals surface area contributed by atoms with Gasteiger partial charge in [0, 0.05) is 5.56 Å². The van der Waals surface area contributed by atoms with Crippen molar-refractivity contribution in [2.45, 2.75) is 54.6 Å². The Balaban J connectivity index is 3.16. The van der Waals surface area contributed by atoms with Gasteiger partial charge in [0.2, 0.25) is 5.78 Å². The molecule has 0 radical (unpaired) electrons. The number of carbonyl (C=O) groups excluding carboxylic acids is 2. The van der Waals surface area contributed by atoms with Gasteiger partial charge >= 0.3 is 5.97 Å². The molecule has 0 saturated heterocycles. The number of hydrogen-bond acceptors (Lipinski definition) is 3. The molecule has 0 aliphatic heterocycles. The molecule has 1 aromatic carbocycles. The number of rotatable bonds is 5. The largest absolute Gasteiger partial charge is 0.453 e. The third-order valence-electron chi connectivity index (χ3n) is 3.50. The number of ether oxygens (including phenoxy) is 1. The number of ketones is 1. The summed E-state index contributed by atoms with van der Waals surface area (Å²) >= 11 is 0. The monoisotopic (exact) mass is 290 g/mol. The maximum atomic E-state index is 12.8. The molecule has 0 aliphatic rings. The van der Waals surface area contributed by atoms with Gasteiger partial charge in [-0.3, -0.25) is 9.59 Å². The lowest BCUT2D eigenvalue weighted by Gasteiger charge is -2.23. The molecule has 1 rings (SSSR count). The molecule has 0 amide bonds. The molecule has 1 unspecified atom stereocenters. The molecule has 1 atom stereocenters. The zero-order chi connectivity index (χ0) is 16.3. The molecule has 0 aromatic heterocycles. The van der Waals surface area contributed by atoms with E-state index in [0.29, 0.717) is 5.56 Å². The Morgan fingerprint density at radius 1 is 0.952 bits per heavy atom. The van der Waals surface area contributed by atoms with E-state index in [1.165, 1.54) is 0 Å². The second kappa shape index (κ2) is 6.88. The fraction of sp³-hybridized carbons (Fsp3) is 0.556. The quantitative estimate of drug-likeness (QED) is 0.607. The van der Waals surface area contributed by atoms with Crippen molar-refractivity contribution in [2.75, 3.05) is 0 Å². The average Bonchev–Trinajstić information content (AvgIpc) is 2.33. The van der Waals surface area contributed by atoms with Crippen LogP contribution >= 0.6 is 0 Å². The zero-order valence-corrected chi connectivity index (χ0v) is 14.1. The van der Waals surface area contributed by atoms with E-state index in [1.54, 1.807) is 13.8 Å². The molecule has 116 valence electrons. The standard InChI is InChI=1S/C18H26O3/c1-10(2)17(21-18(20)11(3)4)16(19)15-13(6)8-12(5)9-14(15)7/h8-11,17H,1-7H3. The molecule has 21 heavy (non-hydrogen) atoms. The number of carbonyl (C=O) groups is 2. The summed E-state index contributed by atoms with van der Waals surface area (Å²) in [5.41, 5.74) is 3.67. The van der Waals surface area contributed by atoms with E-state index in [-0.39, 0.29) is 23.6 Å². The van der Waals surface area contributed by atoms with Crippen LogP contribution in [0.25, 0.3) is 0 Å². The molecule has 0 aliphatic carbocycles. The highest BCUT2D eigenvalue weighted by atomic mass is 16.5. The molecular weight excluding hydrogens is 264 g/mol. The van der Waals surface area contributed by atoms with Crippen molar-refractivity contribution in [3.05, 3.63) is 34.4 Å². The Bertz CT molecular complexity index is 518. The first-order chi connectivity index (χ1) is 9.65. The first-order valence-electron chi connectivity index (χ1n) is 7.47. The highest BCUT2D eigenvalue weighted by molar-refractivity contribution is 6.03. The lowest BCUT2D eigenvalue weighted by molar-refractivity contribution is -0.152. The molecule has 0 bridgehead atoms. The van der Waals surface area contributed by atoms with Crippen LogP contribution in [0.2, 0.25) is 0 Å². The van der Waals surface area contributed by atoms with Gasteiger partial charge < -0.3 is 4.74 Å². The lowest BCUT2D eigenvalue weighted by atomic mass is 9.90. The number of hydrogen-bond donors (Lipinski definition) is 0. The number of aryl methyl sites for hydroxylation is 3. The van der Waals surface area contributed by atoms with Crippen molar-refractivity contribution >= 4 is 11.8 Å². The van der Waals surface area contributed by atoms with E-state index in [9.17, 15) is 9.59 Å². The fourth-order valence-electron chi connectivity index (χ4n) is 2.46. The summed E-state index contributed by atoms with van der Waals surface area (Å²) in [6, 6.07) is 3.98. The number of esters is 1. The van der Waals surface area contributed by atoms with E-state index < -0.39 is 6.10 Å². The highest BCUT2D eigenvalue weighted by Gasteiger charge is 2.30. The topological polar surface area (TPSA) is 43.4 Å². The van der Waals surface area contributed by atoms with Gasteiger partial charge in [-0.05, 0) is 37.8 Å². The Labute approximate surface area is 127 Å². The minimum absolute atomic E-state index is 0.0553. The summed E-state index contributed by atoms with van der Waals surface area (Å²) in [6.07, 6.45) is -0.722. The predicted molar refractivity (Wildman–Crippen MR) is 84.5 cm³/mol. The van der Waals surface area contributed by atoms with Gasteiger partial charge in [-0.15, -0.1) is 0 Å². The molecule has 0 heterocycles. The average molecular weight is 290 g/mol. The summed E-state index contributed by atoms with van der Waals surface area (Å²) < 4.78 is 5.44. The molecular formula is C18H26O3. The fourth-order valence-corrected chi connectivity index (χ4v) is 2.46. The van der Waals surface area contributed by atoms with E-state index in [2.05, 4.69) is 0 Å². The second-order valence-corrected chi connectivity index (χ2v) is 6.39. The minimum Gasteiger partial charge on any atom is -0.453 e. The van der Waals surface area contributed by atoms with Crippen molar-refractivity contribution in [3.8, 4) is 0 Å². The summed E-state index contributed by atoms with van der Waals surface area (Å²) in [5, 5.41) is 0. The van der Waals surface area contributed by atoms with Crippen LogP contribution in [0, 0.1) is 32.6 Å². The van der Waals surface area contributed by atoms with E-state index >= 15 is 0 Å². The van der Waals surface area contributed by atoms with Crippen LogP contribution in [-0.2, 0) is 9.53 Å². The third-order valence-corrected chi connectivity index (χ3v) is 3.50. The summed E-state index contributed by atoms with van der Waals surface area (Å²) in [7, 11) is 0. The maximum absolute atomic E-state index is 12.8. The van der Waals surface area contributed by atoms with Crippen LogP contribution in [0.5, 0.6) is 0 Å². The molecule has 0 spiro atoms. The van der Waals surface area contributed by atoms with Crippen LogP contribution < -0.4 is 0 Å². The molecule has 1 aromatic rings. The Morgan fingerprint density at radius 3 is 1.81 bits per heavy atom. The highest BCUT2D eigenvalue weighted by Crippen LogP contribution is 2.22. The summed E-state index contributed by atoms with van der Waals surface area (Å²) in [5.74, 6) is -0.724. The smallest absolute Gasteiger partial charge is 0.309 e. The zero-order valence-electron chi connectivity index (χ0n) is 14.1. The first kappa shape index (κ1) is 17.4. The Kier molecular flexibility index (Phi) is 5.70. The van der Waals surface area contributed by atoms with Crippen LogP contribution in [0.4, 0.5) is 0 Å². The molecule has 0 fully saturated rings. The van der Waals surface area contributed by atoms with E-state index in [4.69, 9.17) is 4.74 Å². The Morgan fingerprint density at radius 2 is 1.43 bits per heavy atom. The van der Waals surface area contributed by atoms with Gasteiger partial charge in [-0.2, -0.15) is 0 Å². The van der Waals surface area contributed by atoms with Gasteiger partial charge in [0.05, 0.1) is 5.92 Å². The maximum Gasteiger partial charge on any atom is 0.309 e. The van der Waals surface area contributed by atoms with E-state index in [0.717, 1.165) is 16.7 Å². The van der Waals surface area contributed by atoms with Crippen molar-refractivity contribution in [1.82, 2.24) is 0 Å². The predicted octanol–water partition coefficient (Wildman–Crippen LogP) is 4.02. The van der Waals surface area contributed by atoms with Crippen molar-refractivity contribution in [3.63, 3.8) is 0 Å². The van der Waals surface area contributed by atoms with Crippen LogP contribution in [-0.4, -0.2) is 17.9 Å². The molecule has 3 heteroatoms. The normalized spacial score (nSPS) is 12.6. The number of benzene rings is 1. The molecule has 3 nitrogen and oxygen atoms in total. The van der Waals surface area contributed by atoms with Gasteiger partial charge in [0.15, 0.2) is 6.10 Å². The second-order valence-electron chi connectivity index (χ2n) is 6.39. The third kappa shape index (κ3) is 4.16. The van der Waals surface area contributed by atoms with Gasteiger partial charge in [0.25, 0.3) is 0 Å². The van der Waals surface area contributed by atoms with Crippen LogP contribution in [0.3, 0.4) is 0 Å². The first-order valence-corrected chi connectivity index (χ1v) is 7.47. The minimum atomic E-state index is -0.722. The summed E-state index contributed by atoms with van der Waals surface area (Å²) in [6.45, 7) is 13.2. The SMILES string of the molecule is Cc1cc(C)c(C(=O)C(OC(=O)C(C)C)C(C)C)c(C)c1. The van der Waals surface area contributed by atoms with Crippen LogP contribution in [0.15, 0.2) is 12.1 Å². The van der Waals surface area contributed by atoms with Gasteiger partial charge in [-0.25, -0.2) is 0 Å². The van der Waals surface area contributed by atoms with E-state index in [1.807, 2.05) is 46.8 Å². The lowest BCUT2D eigenvalue weighted by Crippen LogP contribution is -2.34. The van der Waals surface area contributed by atoms with Gasteiger partial charge in [-0.1, -0.05) is 45.4 Å². The van der Waals surface area contributed by atoms with Crippen molar-refractivity contribution < 1.29 is 14.3 Å². The van der Waals surface area contributed by atoms with Gasteiger partial charge in [0.1, 0.15) is 0 Å². The number of Topliss-reactive ketones (excluding diaryl/α,β-unsaturated/α-hetero) is 1. The van der Waals surface area contributed by atoms with Crippen LogP contribution in [0.1, 0.15) is 54.7 Å².